The largest absolute Gasteiger partial charge is 0.328 e. The van der Waals surface area contributed by atoms with Gasteiger partial charge in [0.15, 0.2) is 0 Å². The number of rotatable bonds is 8. The van der Waals surface area contributed by atoms with Crippen molar-refractivity contribution in [1.29, 1.82) is 0 Å². The molecule has 0 aliphatic carbocycles. The van der Waals surface area contributed by atoms with Crippen molar-refractivity contribution in [1.82, 2.24) is 0 Å². The molecule has 1 nitrogen and oxygen atoms in total. The minimum Gasteiger partial charge on any atom is -0.328 e. The van der Waals surface area contributed by atoms with Crippen molar-refractivity contribution < 1.29 is 0 Å². The highest BCUT2D eigenvalue weighted by Gasteiger charge is 2.10. The van der Waals surface area contributed by atoms with Crippen LogP contribution in [0.3, 0.4) is 0 Å². The number of hydrogen-bond donors (Lipinski definition) is 1. The van der Waals surface area contributed by atoms with Gasteiger partial charge in [-0.05, 0) is 30.6 Å². The SMILES string of the molecule is CCC(N)CC(C)CCCC(C)C(C)C. The Kier molecular flexibility index (Phi) is 8.13. The molecule has 2 N–H and O–H groups in total. The lowest BCUT2D eigenvalue weighted by Gasteiger charge is -2.18. The van der Waals surface area contributed by atoms with Gasteiger partial charge in [0, 0.05) is 6.04 Å². The topological polar surface area (TPSA) is 26.0 Å². The van der Waals surface area contributed by atoms with Gasteiger partial charge in [-0.2, -0.15) is 0 Å². The summed E-state index contributed by atoms with van der Waals surface area (Å²) in [6.07, 6.45) is 6.42. The van der Waals surface area contributed by atoms with Crippen molar-refractivity contribution in [3.63, 3.8) is 0 Å². The molecule has 15 heavy (non-hydrogen) atoms. The summed E-state index contributed by atoms with van der Waals surface area (Å²) in [5, 5.41) is 0. The molecule has 3 atom stereocenters. The van der Waals surface area contributed by atoms with Crippen molar-refractivity contribution in [2.45, 2.75) is 72.8 Å². The minimum absolute atomic E-state index is 0.419. The molecule has 3 unspecified atom stereocenters. The van der Waals surface area contributed by atoms with E-state index >= 15 is 0 Å². The fraction of sp³-hybridized carbons (Fsp3) is 1.00. The Morgan fingerprint density at radius 1 is 1.00 bits per heavy atom. The van der Waals surface area contributed by atoms with Crippen LogP contribution < -0.4 is 5.73 Å². The molecule has 0 saturated heterocycles. The molecule has 0 aromatic rings. The molecule has 0 fully saturated rings. The molecule has 0 spiro atoms. The first-order valence-corrected chi connectivity index (χ1v) is 6.72. The van der Waals surface area contributed by atoms with Gasteiger partial charge in [-0.15, -0.1) is 0 Å². The van der Waals surface area contributed by atoms with Crippen LogP contribution in [0, 0.1) is 17.8 Å². The summed E-state index contributed by atoms with van der Waals surface area (Å²) in [5.74, 6) is 2.51. The van der Waals surface area contributed by atoms with Gasteiger partial charge in [0.2, 0.25) is 0 Å². The van der Waals surface area contributed by atoms with E-state index in [1.807, 2.05) is 0 Å². The summed E-state index contributed by atoms with van der Waals surface area (Å²) in [7, 11) is 0. The zero-order valence-corrected chi connectivity index (χ0v) is 11.4. The van der Waals surface area contributed by atoms with Crippen LogP contribution in [0.5, 0.6) is 0 Å². The first kappa shape index (κ1) is 15.0. The third kappa shape index (κ3) is 7.84. The Labute approximate surface area is 96.8 Å². The van der Waals surface area contributed by atoms with Gasteiger partial charge in [0.05, 0.1) is 0 Å². The lowest BCUT2D eigenvalue weighted by molar-refractivity contribution is 0.348. The first-order chi connectivity index (χ1) is 6.97. The Morgan fingerprint density at radius 3 is 2.07 bits per heavy atom. The normalized spacial score (nSPS) is 17.8. The molecule has 0 saturated carbocycles. The standard InChI is InChI=1S/C14H31N/c1-6-14(15)10-12(4)8-7-9-13(5)11(2)3/h11-14H,6-10,15H2,1-5H3. The van der Waals surface area contributed by atoms with Gasteiger partial charge in [0.1, 0.15) is 0 Å². The summed E-state index contributed by atoms with van der Waals surface area (Å²) >= 11 is 0. The van der Waals surface area contributed by atoms with E-state index in [1.165, 1.54) is 25.7 Å². The molecule has 0 aliphatic rings. The molecule has 92 valence electrons. The van der Waals surface area contributed by atoms with E-state index in [0.29, 0.717) is 6.04 Å². The molecule has 0 aliphatic heterocycles. The van der Waals surface area contributed by atoms with Crippen LogP contribution in [-0.2, 0) is 0 Å². The van der Waals surface area contributed by atoms with Crippen LogP contribution in [0.4, 0.5) is 0 Å². The molecule has 0 rings (SSSR count). The van der Waals surface area contributed by atoms with Gasteiger partial charge in [0.25, 0.3) is 0 Å². The Morgan fingerprint density at radius 2 is 1.60 bits per heavy atom. The summed E-state index contributed by atoms with van der Waals surface area (Å²) in [4.78, 5) is 0. The molecule has 0 heterocycles. The van der Waals surface area contributed by atoms with Crippen LogP contribution in [-0.4, -0.2) is 6.04 Å². The predicted molar refractivity (Wildman–Crippen MR) is 69.9 cm³/mol. The van der Waals surface area contributed by atoms with Crippen molar-refractivity contribution in [2.75, 3.05) is 0 Å². The van der Waals surface area contributed by atoms with Crippen LogP contribution in [0.25, 0.3) is 0 Å². The smallest absolute Gasteiger partial charge is 0.00387 e. The Balaban J connectivity index is 3.50. The van der Waals surface area contributed by atoms with Gasteiger partial charge >= 0.3 is 0 Å². The second kappa shape index (κ2) is 8.15. The summed E-state index contributed by atoms with van der Waals surface area (Å²) < 4.78 is 0. The molecule has 0 amide bonds. The monoisotopic (exact) mass is 213 g/mol. The van der Waals surface area contributed by atoms with Gasteiger partial charge < -0.3 is 5.73 Å². The predicted octanol–water partition coefficient (Wildman–Crippen LogP) is 4.21. The fourth-order valence-electron chi connectivity index (χ4n) is 1.92. The third-order valence-corrected chi connectivity index (χ3v) is 3.72. The van der Waals surface area contributed by atoms with Crippen molar-refractivity contribution >= 4 is 0 Å². The molecule has 0 aromatic heterocycles. The Hall–Kier alpha value is -0.0400. The van der Waals surface area contributed by atoms with E-state index in [4.69, 9.17) is 5.73 Å². The highest BCUT2D eigenvalue weighted by atomic mass is 14.6. The first-order valence-electron chi connectivity index (χ1n) is 6.72. The zero-order valence-electron chi connectivity index (χ0n) is 11.4. The third-order valence-electron chi connectivity index (χ3n) is 3.72. The lowest BCUT2D eigenvalue weighted by atomic mass is 9.89. The van der Waals surface area contributed by atoms with Gasteiger partial charge in [-0.25, -0.2) is 0 Å². The summed E-state index contributed by atoms with van der Waals surface area (Å²) in [6.45, 7) is 11.5. The Bertz CT molecular complexity index is 142. The van der Waals surface area contributed by atoms with Crippen LogP contribution in [0.1, 0.15) is 66.7 Å². The molecular weight excluding hydrogens is 182 g/mol. The summed E-state index contributed by atoms with van der Waals surface area (Å²) in [5.41, 5.74) is 5.95. The molecular formula is C14H31N. The van der Waals surface area contributed by atoms with E-state index in [9.17, 15) is 0 Å². The van der Waals surface area contributed by atoms with E-state index in [2.05, 4.69) is 34.6 Å². The lowest BCUT2D eigenvalue weighted by Crippen LogP contribution is -2.21. The quantitative estimate of drug-likeness (QED) is 0.642. The minimum atomic E-state index is 0.419. The van der Waals surface area contributed by atoms with Crippen molar-refractivity contribution in [2.24, 2.45) is 23.5 Å². The zero-order chi connectivity index (χ0) is 11.8. The van der Waals surface area contributed by atoms with E-state index in [1.54, 1.807) is 0 Å². The van der Waals surface area contributed by atoms with E-state index < -0.39 is 0 Å². The van der Waals surface area contributed by atoms with Crippen LogP contribution >= 0.6 is 0 Å². The highest BCUT2D eigenvalue weighted by Crippen LogP contribution is 2.21. The number of hydrogen-bond acceptors (Lipinski definition) is 1. The second-order valence-corrected chi connectivity index (χ2v) is 5.66. The van der Waals surface area contributed by atoms with Gasteiger partial charge in [-0.1, -0.05) is 53.9 Å². The molecule has 0 bridgehead atoms. The second-order valence-electron chi connectivity index (χ2n) is 5.66. The maximum Gasteiger partial charge on any atom is 0.00387 e. The van der Waals surface area contributed by atoms with Gasteiger partial charge in [-0.3, -0.25) is 0 Å². The van der Waals surface area contributed by atoms with Crippen molar-refractivity contribution in [3.8, 4) is 0 Å². The average molecular weight is 213 g/mol. The molecule has 1 heteroatoms. The molecule has 0 aromatic carbocycles. The fourth-order valence-corrected chi connectivity index (χ4v) is 1.92. The molecule has 0 radical (unpaired) electrons. The van der Waals surface area contributed by atoms with E-state index in [0.717, 1.165) is 24.2 Å². The highest BCUT2D eigenvalue weighted by molar-refractivity contribution is 4.65. The average Bonchev–Trinajstić information content (AvgIpc) is 2.17. The van der Waals surface area contributed by atoms with Crippen LogP contribution in [0.15, 0.2) is 0 Å². The maximum atomic E-state index is 5.95. The summed E-state index contributed by atoms with van der Waals surface area (Å²) in [6, 6.07) is 0.419. The van der Waals surface area contributed by atoms with Crippen LogP contribution in [0.2, 0.25) is 0 Å². The van der Waals surface area contributed by atoms with E-state index in [-0.39, 0.29) is 0 Å². The number of nitrogens with two attached hydrogens (primary N) is 1. The maximum absolute atomic E-state index is 5.95. The van der Waals surface area contributed by atoms with Crippen molar-refractivity contribution in [3.05, 3.63) is 0 Å².